The van der Waals surface area contributed by atoms with Crippen molar-refractivity contribution in [3.05, 3.63) is 24.1 Å². The normalized spacial score (nSPS) is 11.1. The first-order valence-corrected chi connectivity index (χ1v) is 6.21. The number of likely N-dealkylation sites (N-methyl/N-ethyl adjacent to an activating group) is 2. The predicted octanol–water partition coefficient (Wildman–Crippen LogP) is 0.978. The molecule has 2 rings (SSSR count). The van der Waals surface area contributed by atoms with Crippen molar-refractivity contribution < 1.29 is 9.21 Å². The van der Waals surface area contributed by atoms with Gasteiger partial charge in [-0.25, -0.2) is 4.98 Å². The first-order valence-electron chi connectivity index (χ1n) is 6.21. The van der Waals surface area contributed by atoms with Gasteiger partial charge in [-0.2, -0.15) is 0 Å². The number of nitrogens with two attached hydrogens (primary N) is 1. The summed E-state index contributed by atoms with van der Waals surface area (Å²) >= 11 is 0. The number of para-hydroxylation sites is 1. The van der Waals surface area contributed by atoms with E-state index in [-0.39, 0.29) is 5.91 Å². The van der Waals surface area contributed by atoms with Crippen molar-refractivity contribution in [2.45, 2.75) is 13.5 Å². The van der Waals surface area contributed by atoms with Crippen LogP contribution in [0.25, 0.3) is 11.1 Å². The van der Waals surface area contributed by atoms with Gasteiger partial charge in [0.05, 0.1) is 18.8 Å². The average molecular weight is 262 g/mol. The molecule has 0 radical (unpaired) electrons. The zero-order valence-electron chi connectivity index (χ0n) is 11.1. The number of nitrogens with one attached hydrogen (secondary N) is 1. The minimum Gasteiger partial charge on any atom is -0.439 e. The van der Waals surface area contributed by atoms with E-state index in [9.17, 15) is 4.79 Å². The van der Waals surface area contributed by atoms with Crippen molar-refractivity contribution in [1.29, 1.82) is 0 Å². The molecule has 0 aliphatic heterocycles. The molecule has 0 aliphatic rings. The Labute approximate surface area is 111 Å². The lowest BCUT2D eigenvalue weighted by Crippen LogP contribution is -2.35. The number of carbonyl (C=O) groups excluding carboxylic acids is 1. The first kappa shape index (κ1) is 13.4. The lowest BCUT2D eigenvalue weighted by Gasteiger charge is -2.16. The Kier molecular flexibility index (Phi) is 4.01. The summed E-state index contributed by atoms with van der Waals surface area (Å²) in [6.45, 7) is 3.53. The molecule has 1 amide bonds. The fourth-order valence-corrected chi connectivity index (χ4v) is 1.84. The van der Waals surface area contributed by atoms with Crippen LogP contribution in [0.1, 0.15) is 12.8 Å². The molecule has 1 aromatic carbocycles. The van der Waals surface area contributed by atoms with Gasteiger partial charge in [0.1, 0.15) is 5.52 Å². The van der Waals surface area contributed by atoms with Crippen LogP contribution in [0.3, 0.4) is 0 Å². The van der Waals surface area contributed by atoms with Crippen LogP contribution in [0.2, 0.25) is 0 Å². The number of hydrogen-bond acceptors (Lipinski definition) is 5. The molecular formula is C13H18N4O2. The molecule has 6 nitrogen and oxygen atoms in total. The number of rotatable bonds is 5. The SMILES string of the molecule is CCN(CC(=O)NC)Cc1nc2c(N)cccc2o1. The molecule has 0 spiro atoms. The molecule has 102 valence electrons. The topological polar surface area (TPSA) is 84.4 Å². The van der Waals surface area contributed by atoms with Crippen LogP contribution < -0.4 is 11.1 Å². The smallest absolute Gasteiger partial charge is 0.233 e. The van der Waals surface area contributed by atoms with Gasteiger partial charge in [-0.05, 0) is 18.7 Å². The highest BCUT2D eigenvalue weighted by Gasteiger charge is 2.13. The third-order valence-corrected chi connectivity index (χ3v) is 2.95. The Hall–Kier alpha value is -2.08. The maximum atomic E-state index is 11.4. The Bertz CT molecular complexity index is 579. The summed E-state index contributed by atoms with van der Waals surface area (Å²) in [6.07, 6.45) is 0. The maximum absolute atomic E-state index is 11.4. The van der Waals surface area contributed by atoms with Crippen molar-refractivity contribution in [3.8, 4) is 0 Å². The summed E-state index contributed by atoms with van der Waals surface area (Å²) in [5, 5.41) is 2.60. The monoisotopic (exact) mass is 262 g/mol. The second-order valence-electron chi connectivity index (χ2n) is 4.28. The summed E-state index contributed by atoms with van der Waals surface area (Å²) in [7, 11) is 1.62. The molecule has 1 aromatic heterocycles. The Morgan fingerprint density at radius 1 is 1.53 bits per heavy atom. The van der Waals surface area contributed by atoms with Gasteiger partial charge in [-0.1, -0.05) is 13.0 Å². The number of hydrogen-bond donors (Lipinski definition) is 2. The van der Waals surface area contributed by atoms with E-state index in [1.807, 2.05) is 24.0 Å². The summed E-state index contributed by atoms with van der Waals surface area (Å²) in [5.74, 6) is 0.538. The zero-order valence-corrected chi connectivity index (χ0v) is 11.1. The second kappa shape index (κ2) is 5.71. The van der Waals surface area contributed by atoms with Crippen LogP contribution in [-0.4, -0.2) is 35.9 Å². The molecule has 0 atom stereocenters. The Balaban J connectivity index is 2.15. The summed E-state index contributed by atoms with van der Waals surface area (Å²) < 4.78 is 5.63. The maximum Gasteiger partial charge on any atom is 0.233 e. The zero-order chi connectivity index (χ0) is 13.8. The Morgan fingerprint density at radius 3 is 2.95 bits per heavy atom. The number of aromatic nitrogens is 1. The third kappa shape index (κ3) is 3.03. The van der Waals surface area contributed by atoms with Crippen LogP contribution in [-0.2, 0) is 11.3 Å². The number of nitrogen functional groups attached to an aromatic ring is 1. The molecule has 0 saturated heterocycles. The van der Waals surface area contributed by atoms with Gasteiger partial charge in [0, 0.05) is 7.05 Å². The van der Waals surface area contributed by atoms with Gasteiger partial charge in [-0.3, -0.25) is 9.69 Å². The van der Waals surface area contributed by atoms with E-state index in [0.29, 0.717) is 35.8 Å². The second-order valence-corrected chi connectivity index (χ2v) is 4.28. The Morgan fingerprint density at radius 2 is 2.32 bits per heavy atom. The molecule has 19 heavy (non-hydrogen) atoms. The highest BCUT2D eigenvalue weighted by Crippen LogP contribution is 2.21. The molecule has 2 aromatic rings. The highest BCUT2D eigenvalue weighted by atomic mass is 16.3. The number of anilines is 1. The van der Waals surface area contributed by atoms with Gasteiger partial charge >= 0.3 is 0 Å². The lowest BCUT2D eigenvalue weighted by molar-refractivity contribution is -0.121. The third-order valence-electron chi connectivity index (χ3n) is 2.95. The van der Waals surface area contributed by atoms with E-state index in [1.54, 1.807) is 13.1 Å². The molecule has 0 saturated carbocycles. The molecule has 1 heterocycles. The number of benzene rings is 1. The molecule has 3 N–H and O–H groups in total. The van der Waals surface area contributed by atoms with Crippen molar-refractivity contribution in [1.82, 2.24) is 15.2 Å². The predicted molar refractivity (Wildman–Crippen MR) is 73.4 cm³/mol. The molecule has 0 unspecified atom stereocenters. The van der Waals surface area contributed by atoms with Gasteiger partial charge in [0.25, 0.3) is 0 Å². The van der Waals surface area contributed by atoms with E-state index in [0.717, 1.165) is 6.54 Å². The van der Waals surface area contributed by atoms with Crippen LogP contribution in [0.4, 0.5) is 5.69 Å². The summed E-state index contributed by atoms with van der Waals surface area (Å²) in [6, 6.07) is 5.45. The van der Waals surface area contributed by atoms with E-state index < -0.39 is 0 Å². The first-order chi connectivity index (χ1) is 9.13. The molecule has 6 heteroatoms. The van der Waals surface area contributed by atoms with E-state index >= 15 is 0 Å². The van der Waals surface area contributed by atoms with Crippen molar-refractivity contribution in [2.75, 3.05) is 25.9 Å². The lowest BCUT2D eigenvalue weighted by atomic mass is 10.3. The van der Waals surface area contributed by atoms with Gasteiger partial charge < -0.3 is 15.5 Å². The number of amides is 1. The van der Waals surface area contributed by atoms with Gasteiger partial charge in [0.2, 0.25) is 11.8 Å². The van der Waals surface area contributed by atoms with E-state index in [4.69, 9.17) is 10.2 Å². The molecular weight excluding hydrogens is 244 g/mol. The van der Waals surface area contributed by atoms with Gasteiger partial charge in [0.15, 0.2) is 5.58 Å². The van der Waals surface area contributed by atoms with Gasteiger partial charge in [-0.15, -0.1) is 0 Å². The number of oxazole rings is 1. The average Bonchev–Trinajstić information content (AvgIpc) is 2.81. The summed E-state index contributed by atoms with van der Waals surface area (Å²) in [4.78, 5) is 17.7. The standard InChI is InChI=1S/C13H18N4O2/c1-3-17(7-11(18)15-2)8-12-16-13-9(14)5-4-6-10(13)19-12/h4-6H,3,7-8,14H2,1-2H3,(H,15,18). The van der Waals surface area contributed by atoms with E-state index in [2.05, 4.69) is 10.3 Å². The number of carbonyl (C=O) groups is 1. The number of nitrogens with zero attached hydrogens (tertiary/aromatic N) is 2. The number of fused-ring (bicyclic) bond motifs is 1. The fourth-order valence-electron chi connectivity index (χ4n) is 1.84. The van der Waals surface area contributed by atoms with Crippen LogP contribution in [0.5, 0.6) is 0 Å². The highest BCUT2D eigenvalue weighted by molar-refractivity contribution is 5.85. The van der Waals surface area contributed by atoms with E-state index in [1.165, 1.54) is 0 Å². The molecule has 0 fully saturated rings. The fraction of sp³-hybridized carbons (Fsp3) is 0.385. The van der Waals surface area contributed by atoms with Crippen LogP contribution >= 0.6 is 0 Å². The minimum absolute atomic E-state index is 0.0301. The van der Waals surface area contributed by atoms with Crippen molar-refractivity contribution in [3.63, 3.8) is 0 Å². The molecule has 0 bridgehead atoms. The van der Waals surface area contributed by atoms with Crippen LogP contribution in [0.15, 0.2) is 22.6 Å². The molecule has 0 aliphatic carbocycles. The van der Waals surface area contributed by atoms with Crippen molar-refractivity contribution in [2.24, 2.45) is 0 Å². The quantitative estimate of drug-likeness (QED) is 0.785. The van der Waals surface area contributed by atoms with Crippen molar-refractivity contribution >= 4 is 22.7 Å². The summed E-state index contributed by atoms with van der Waals surface area (Å²) in [5.41, 5.74) is 7.78. The van der Waals surface area contributed by atoms with Crippen LogP contribution in [0, 0.1) is 0 Å². The largest absolute Gasteiger partial charge is 0.439 e. The minimum atomic E-state index is -0.0301.